The van der Waals surface area contributed by atoms with E-state index >= 15 is 0 Å². The van der Waals surface area contributed by atoms with Gasteiger partial charge in [-0.05, 0) is 5.57 Å². The number of hydrogen-bond acceptors (Lipinski definition) is 4. The lowest BCUT2D eigenvalue weighted by molar-refractivity contribution is 0.0678. The summed E-state index contributed by atoms with van der Waals surface area (Å²) in [6, 6.07) is 0. The Balaban J connectivity index is 2.12. The molecule has 1 amide bonds. The highest BCUT2D eigenvalue weighted by Crippen LogP contribution is 2.18. The van der Waals surface area contributed by atoms with Gasteiger partial charge in [0, 0.05) is 39.4 Å². The molecule has 0 atom stereocenters. The van der Waals surface area contributed by atoms with Gasteiger partial charge in [0.2, 0.25) is 0 Å². The third kappa shape index (κ3) is 3.05. The number of fused-ring (bicyclic) bond motifs is 1. The van der Waals surface area contributed by atoms with Gasteiger partial charge in [-0.25, -0.2) is 4.39 Å². The standard InChI is InChI=1S/C13H19FN4O2/c1-20-5-4-17-3-2-12-11(13(17)19)9-18(16-12)8-10(6-14)7-15/h6,9H,2-5,7-8,15H2,1H3. The van der Waals surface area contributed by atoms with Crippen LogP contribution in [0, 0.1) is 0 Å². The number of carbonyl (C=O) groups excluding carboxylic acids is 1. The van der Waals surface area contributed by atoms with E-state index in [1.54, 1.807) is 22.9 Å². The van der Waals surface area contributed by atoms with Gasteiger partial charge in [0.1, 0.15) is 0 Å². The van der Waals surface area contributed by atoms with Crippen molar-refractivity contribution in [3.63, 3.8) is 0 Å². The molecule has 1 aliphatic rings. The molecule has 0 fully saturated rings. The fourth-order valence-electron chi connectivity index (χ4n) is 2.18. The highest BCUT2D eigenvalue weighted by molar-refractivity contribution is 5.96. The van der Waals surface area contributed by atoms with E-state index in [0.29, 0.717) is 43.6 Å². The smallest absolute Gasteiger partial charge is 0.257 e. The Kier molecular flexibility index (Phi) is 4.86. The number of carbonyl (C=O) groups is 1. The van der Waals surface area contributed by atoms with Crippen LogP contribution in [-0.4, -0.2) is 53.9 Å². The number of hydrogen-bond donors (Lipinski definition) is 1. The van der Waals surface area contributed by atoms with Crippen LogP contribution in [0.1, 0.15) is 16.1 Å². The van der Waals surface area contributed by atoms with Crippen LogP contribution in [0.4, 0.5) is 4.39 Å². The van der Waals surface area contributed by atoms with E-state index in [2.05, 4.69) is 5.10 Å². The minimum absolute atomic E-state index is 0.0481. The maximum absolute atomic E-state index is 12.5. The summed E-state index contributed by atoms with van der Waals surface area (Å²) >= 11 is 0. The first-order valence-electron chi connectivity index (χ1n) is 6.52. The zero-order valence-corrected chi connectivity index (χ0v) is 11.5. The van der Waals surface area contributed by atoms with Gasteiger partial charge in [-0.15, -0.1) is 0 Å². The predicted octanol–water partition coefficient (Wildman–Crippen LogP) is 0.340. The van der Waals surface area contributed by atoms with E-state index in [9.17, 15) is 9.18 Å². The van der Waals surface area contributed by atoms with Crippen LogP contribution in [0.5, 0.6) is 0 Å². The molecule has 0 unspecified atom stereocenters. The van der Waals surface area contributed by atoms with Crippen molar-refractivity contribution in [2.75, 3.05) is 33.4 Å². The summed E-state index contributed by atoms with van der Waals surface area (Å²) in [5.41, 5.74) is 7.21. The summed E-state index contributed by atoms with van der Waals surface area (Å²) < 4.78 is 19.1. The van der Waals surface area contributed by atoms with Crippen molar-refractivity contribution in [3.8, 4) is 0 Å². The van der Waals surface area contributed by atoms with Crippen LogP contribution in [0.2, 0.25) is 0 Å². The Hall–Kier alpha value is -1.73. The van der Waals surface area contributed by atoms with Crippen molar-refractivity contribution in [2.24, 2.45) is 5.73 Å². The number of ether oxygens (including phenoxy) is 1. The summed E-state index contributed by atoms with van der Waals surface area (Å²) in [5.74, 6) is -0.0481. The first kappa shape index (κ1) is 14.7. The third-order valence-corrected chi connectivity index (χ3v) is 3.32. The van der Waals surface area contributed by atoms with Gasteiger partial charge >= 0.3 is 0 Å². The van der Waals surface area contributed by atoms with Gasteiger partial charge in [0.05, 0.1) is 30.7 Å². The van der Waals surface area contributed by atoms with Gasteiger partial charge in [-0.2, -0.15) is 5.10 Å². The molecule has 6 nitrogen and oxygen atoms in total. The van der Waals surface area contributed by atoms with Crippen molar-refractivity contribution >= 4 is 5.91 Å². The van der Waals surface area contributed by atoms with E-state index in [-0.39, 0.29) is 19.0 Å². The fourth-order valence-corrected chi connectivity index (χ4v) is 2.18. The second-order valence-corrected chi connectivity index (χ2v) is 4.69. The molecule has 110 valence electrons. The molecule has 2 rings (SSSR count). The molecule has 0 radical (unpaired) electrons. The number of aromatic nitrogens is 2. The Morgan fingerprint density at radius 2 is 2.45 bits per heavy atom. The van der Waals surface area contributed by atoms with E-state index in [1.165, 1.54) is 0 Å². The zero-order valence-electron chi connectivity index (χ0n) is 11.5. The number of rotatable bonds is 6. The minimum atomic E-state index is -0.0481. The van der Waals surface area contributed by atoms with Crippen molar-refractivity contribution < 1.29 is 13.9 Å². The fraction of sp³-hybridized carbons (Fsp3) is 0.538. The average molecular weight is 282 g/mol. The molecule has 0 saturated heterocycles. The Morgan fingerprint density at radius 3 is 3.10 bits per heavy atom. The van der Waals surface area contributed by atoms with Gasteiger partial charge in [-0.3, -0.25) is 9.48 Å². The summed E-state index contributed by atoms with van der Waals surface area (Å²) in [5, 5.41) is 4.33. The first-order chi connectivity index (χ1) is 9.69. The molecule has 1 aliphatic heterocycles. The molecule has 0 aromatic carbocycles. The van der Waals surface area contributed by atoms with Crippen molar-refractivity contribution in [3.05, 3.63) is 29.4 Å². The maximum atomic E-state index is 12.5. The molecular formula is C13H19FN4O2. The molecule has 0 spiro atoms. The van der Waals surface area contributed by atoms with Crippen LogP contribution in [0.25, 0.3) is 0 Å². The molecule has 1 aromatic rings. The third-order valence-electron chi connectivity index (χ3n) is 3.32. The van der Waals surface area contributed by atoms with Crippen LogP contribution >= 0.6 is 0 Å². The van der Waals surface area contributed by atoms with Crippen LogP contribution in [0.3, 0.4) is 0 Å². The Morgan fingerprint density at radius 1 is 1.65 bits per heavy atom. The lowest BCUT2D eigenvalue weighted by Crippen LogP contribution is -2.39. The van der Waals surface area contributed by atoms with E-state index in [4.69, 9.17) is 10.5 Å². The summed E-state index contributed by atoms with van der Waals surface area (Å²) in [7, 11) is 1.61. The van der Waals surface area contributed by atoms with Gasteiger partial charge in [-0.1, -0.05) is 0 Å². The number of methoxy groups -OCH3 is 1. The van der Waals surface area contributed by atoms with Gasteiger partial charge in [0.25, 0.3) is 5.91 Å². The van der Waals surface area contributed by atoms with E-state index in [0.717, 1.165) is 5.69 Å². The van der Waals surface area contributed by atoms with Crippen molar-refractivity contribution in [1.82, 2.24) is 14.7 Å². The van der Waals surface area contributed by atoms with E-state index < -0.39 is 0 Å². The first-order valence-corrected chi connectivity index (χ1v) is 6.52. The molecule has 0 aliphatic carbocycles. The van der Waals surface area contributed by atoms with Crippen molar-refractivity contribution in [2.45, 2.75) is 13.0 Å². The molecule has 1 aromatic heterocycles. The summed E-state index contributed by atoms with van der Waals surface area (Å²) in [4.78, 5) is 14.0. The second-order valence-electron chi connectivity index (χ2n) is 4.69. The molecule has 0 bridgehead atoms. The highest BCUT2D eigenvalue weighted by atomic mass is 19.1. The van der Waals surface area contributed by atoms with Crippen LogP contribution in [-0.2, 0) is 17.7 Å². The molecule has 7 heteroatoms. The number of halogens is 1. The van der Waals surface area contributed by atoms with Crippen LogP contribution < -0.4 is 5.73 Å². The van der Waals surface area contributed by atoms with E-state index in [1.807, 2.05) is 0 Å². The topological polar surface area (TPSA) is 73.4 Å². The summed E-state index contributed by atoms with van der Waals surface area (Å²) in [6.45, 7) is 2.12. The Labute approximate surface area is 117 Å². The zero-order chi connectivity index (χ0) is 14.5. The SMILES string of the molecule is COCCN1CCc2nn(CC(=CF)CN)cc2C1=O. The van der Waals surface area contributed by atoms with Gasteiger partial charge < -0.3 is 15.4 Å². The van der Waals surface area contributed by atoms with Crippen LogP contribution in [0.15, 0.2) is 18.1 Å². The predicted molar refractivity (Wildman–Crippen MR) is 72.0 cm³/mol. The largest absolute Gasteiger partial charge is 0.383 e. The second kappa shape index (κ2) is 6.62. The average Bonchev–Trinajstić information content (AvgIpc) is 2.87. The quantitative estimate of drug-likeness (QED) is 0.816. The lowest BCUT2D eigenvalue weighted by atomic mass is 10.1. The molecule has 0 saturated carbocycles. The minimum Gasteiger partial charge on any atom is -0.383 e. The molecular weight excluding hydrogens is 263 g/mol. The van der Waals surface area contributed by atoms with Crippen molar-refractivity contribution in [1.29, 1.82) is 0 Å². The number of nitrogens with zero attached hydrogens (tertiary/aromatic N) is 3. The molecule has 20 heavy (non-hydrogen) atoms. The monoisotopic (exact) mass is 282 g/mol. The lowest BCUT2D eigenvalue weighted by Gasteiger charge is -2.25. The Bertz CT molecular complexity index is 512. The normalized spacial score (nSPS) is 15.7. The highest BCUT2D eigenvalue weighted by Gasteiger charge is 2.27. The number of nitrogens with two attached hydrogens (primary N) is 1. The van der Waals surface area contributed by atoms with Gasteiger partial charge in [0.15, 0.2) is 0 Å². The number of amides is 1. The molecule has 2 N–H and O–H groups in total. The maximum Gasteiger partial charge on any atom is 0.257 e. The summed E-state index contributed by atoms with van der Waals surface area (Å²) in [6.07, 6.45) is 2.86. The molecule has 2 heterocycles.